The monoisotopic (exact) mass is 295 g/mol. The Bertz CT molecular complexity index is 870. The summed E-state index contributed by atoms with van der Waals surface area (Å²) in [5.74, 6) is 0.679. The van der Waals surface area contributed by atoms with Crippen molar-refractivity contribution in [2.75, 3.05) is 11.1 Å². The molecule has 0 atom stereocenters. The first-order valence-corrected chi connectivity index (χ1v) is 6.54. The molecule has 3 aromatic rings. The maximum Gasteiger partial charge on any atom is 0.174 e. The largest absolute Gasteiger partial charge is 0.381 e. The van der Waals surface area contributed by atoms with Gasteiger partial charge >= 0.3 is 0 Å². The lowest BCUT2D eigenvalue weighted by Gasteiger charge is -2.10. The van der Waals surface area contributed by atoms with Gasteiger partial charge in [0, 0.05) is 0 Å². The number of nitriles is 1. The Morgan fingerprint density at radius 2 is 1.81 bits per heavy atom. The molecule has 6 heteroatoms. The zero-order valence-corrected chi connectivity index (χ0v) is 11.6. The molecule has 0 spiro atoms. The van der Waals surface area contributed by atoms with E-state index in [1.54, 1.807) is 18.2 Å². The summed E-state index contributed by atoms with van der Waals surface area (Å²) in [4.78, 5) is 8.72. The van der Waals surface area contributed by atoms with Gasteiger partial charge in [-0.1, -0.05) is 23.7 Å². The number of nitrogen functional groups attached to an aromatic ring is 1. The van der Waals surface area contributed by atoms with Crippen LogP contribution in [-0.2, 0) is 0 Å². The van der Waals surface area contributed by atoms with Crippen LogP contribution < -0.4 is 11.1 Å². The van der Waals surface area contributed by atoms with Crippen molar-refractivity contribution in [2.45, 2.75) is 0 Å². The highest BCUT2D eigenvalue weighted by molar-refractivity contribution is 6.33. The number of nitrogens with zero attached hydrogens (tertiary/aromatic N) is 3. The van der Waals surface area contributed by atoms with Gasteiger partial charge in [-0.2, -0.15) is 5.26 Å². The van der Waals surface area contributed by atoms with E-state index in [0.29, 0.717) is 22.1 Å². The molecule has 0 saturated carbocycles. The van der Waals surface area contributed by atoms with Crippen molar-refractivity contribution in [3.63, 3.8) is 0 Å². The van der Waals surface area contributed by atoms with Gasteiger partial charge in [0.25, 0.3) is 0 Å². The highest BCUT2D eigenvalue weighted by atomic mass is 35.5. The van der Waals surface area contributed by atoms with E-state index in [-0.39, 0.29) is 5.82 Å². The van der Waals surface area contributed by atoms with Gasteiger partial charge in [-0.05, 0) is 30.3 Å². The second-order valence-electron chi connectivity index (χ2n) is 4.38. The fourth-order valence-electron chi connectivity index (χ4n) is 1.92. The number of fused-ring (bicyclic) bond motifs is 1. The Balaban J connectivity index is 2.06. The van der Waals surface area contributed by atoms with E-state index >= 15 is 0 Å². The van der Waals surface area contributed by atoms with E-state index in [1.165, 1.54) is 0 Å². The van der Waals surface area contributed by atoms with E-state index < -0.39 is 0 Å². The quantitative estimate of drug-likeness (QED) is 0.755. The second-order valence-corrected chi connectivity index (χ2v) is 4.78. The van der Waals surface area contributed by atoms with E-state index in [4.69, 9.17) is 22.6 Å². The van der Waals surface area contributed by atoms with Crippen molar-refractivity contribution in [3.8, 4) is 6.07 Å². The van der Waals surface area contributed by atoms with Crippen molar-refractivity contribution in [2.24, 2.45) is 0 Å². The van der Waals surface area contributed by atoms with Crippen LogP contribution in [0.15, 0.2) is 42.5 Å². The van der Waals surface area contributed by atoms with Crippen molar-refractivity contribution >= 4 is 40.0 Å². The number of para-hydroxylation sites is 2. The summed E-state index contributed by atoms with van der Waals surface area (Å²) in [6.07, 6.45) is 0. The van der Waals surface area contributed by atoms with E-state index in [2.05, 4.69) is 21.4 Å². The zero-order chi connectivity index (χ0) is 14.8. The second kappa shape index (κ2) is 5.27. The van der Waals surface area contributed by atoms with Crippen LogP contribution in [-0.4, -0.2) is 9.97 Å². The van der Waals surface area contributed by atoms with Gasteiger partial charge in [0.1, 0.15) is 0 Å². The minimum absolute atomic E-state index is 0.270. The number of anilines is 3. The van der Waals surface area contributed by atoms with Crippen LogP contribution in [0, 0.1) is 11.3 Å². The normalized spacial score (nSPS) is 10.3. The van der Waals surface area contributed by atoms with Gasteiger partial charge in [-0.3, -0.25) is 0 Å². The molecule has 0 aliphatic rings. The molecule has 0 saturated heterocycles. The first kappa shape index (κ1) is 13.2. The molecule has 0 bridgehead atoms. The molecular weight excluding hydrogens is 286 g/mol. The molecular formula is C15H10ClN5. The summed E-state index contributed by atoms with van der Waals surface area (Å²) in [5, 5.41) is 12.4. The van der Waals surface area contributed by atoms with Gasteiger partial charge < -0.3 is 11.1 Å². The number of nitrogens with one attached hydrogen (secondary N) is 1. The third-order valence-electron chi connectivity index (χ3n) is 2.95. The smallest absolute Gasteiger partial charge is 0.174 e. The van der Waals surface area contributed by atoms with Crippen LogP contribution in [0.1, 0.15) is 5.56 Å². The first-order valence-electron chi connectivity index (χ1n) is 6.16. The van der Waals surface area contributed by atoms with Gasteiger partial charge in [0.2, 0.25) is 0 Å². The average molecular weight is 296 g/mol. The summed E-state index contributed by atoms with van der Waals surface area (Å²) >= 11 is 6.11. The summed E-state index contributed by atoms with van der Waals surface area (Å²) in [6, 6.07) is 14.4. The van der Waals surface area contributed by atoms with Crippen LogP contribution in [0.25, 0.3) is 11.0 Å². The van der Waals surface area contributed by atoms with Crippen LogP contribution >= 0.6 is 11.6 Å². The minimum Gasteiger partial charge on any atom is -0.381 e. The molecule has 0 unspecified atom stereocenters. The molecule has 1 heterocycles. The van der Waals surface area contributed by atoms with Gasteiger partial charge in [-0.25, -0.2) is 9.97 Å². The maximum absolute atomic E-state index is 8.94. The molecule has 5 nitrogen and oxygen atoms in total. The van der Waals surface area contributed by atoms with Crippen molar-refractivity contribution in [3.05, 3.63) is 53.1 Å². The Morgan fingerprint density at radius 3 is 2.52 bits per heavy atom. The number of halogens is 1. The molecule has 21 heavy (non-hydrogen) atoms. The zero-order valence-electron chi connectivity index (χ0n) is 10.8. The molecule has 1 aromatic heterocycles. The first-order chi connectivity index (χ1) is 10.2. The van der Waals surface area contributed by atoms with E-state index in [0.717, 1.165) is 11.0 Å². The lowest BCUT2D eigenvalue weighted by atomic mass is 10.2. The third-order valence-corrected chi connectivity index (χ3v) is 3.28. The molecule has 102 valence electrons. The van der Waals surface area contributed by atoms with E-state index in [9.17, 15) is 0 Å². The third kappa shape index (κ3) is 2.57. The highest BCUT2D eigenvalue weighted by Crippen LogP contribution is 2.28. The number of hydrogen-bond donors (Lipinski definition) is 2. The Kier molecular flexibility index (Phi) is 3.30. The number of aromatic nitrogens is 2. The summed E-state index contributed by atoms with van der Waals surface area (Å²) < 4.78 is 0. The van der Waals surface area contributed by atoms with E-state index in [1.807, 2.05) is 24.3 Å². The molecule has 0 amide bonds. The predicted molar refractivity (Wildman–Crippen MR) is 83.4 cm³/mol. The summed E-state index contributed by atoms with van der Waals surface area (Å²) in [5.41, 5.74) is 8.41. The SMILES string of the molecule is N#Cc1ccc(Cl)c(Nc2nc3ccccc3nc2N)c1. The number of benzene rings is 2. The molecule has 0 aliphatic carbocycles. The van der Waals surface area contributed by atoms with Gasteiger partial charge in [0.05, 0.1) is 33.4 Å². The number of rotatable bonds is 2. The van der Waals surface area contributed by atoms with Crippen molar-refractivity contribution in [1.82, 2.24) is 9.97 Å². The fraction of sp³-hybridized carbons (Fsp3) is 0. The van der Waals surface area contributed by atoms with Crippen LogP contribution in [0.2, 0.25) is 5.02 Å². The fourth-order valence-corrected chi connectivity index (χ4v) is 2.09. The Morgan fingerprint density at radius 1 is 1.10 bits per heavy atom. The Labute approximate surface area is 126 Å². The topological polar surface area (TPSA) is 87.6 Å². The van der Waals surface area contributed by atoms with Crippen LogP contribution in [0.3, 0.4) is 0 Å². The lowest BCUT2D eigenvalue weighted by Crippen LogP contribution is -2.03. The summed E-state index contributed by atoms with van der Waals surface area (Å²) in [6.45, 7) is 0. The van der Waals surface area contributed by atoms with Crippen LogP contribution in [0.5, 0.6) is 0 Å². The molecule has 0 aliphatic heterocycles. The maximum atomic E-state index is 8.94. The van der Waals surface area contributed by atoms with Gasteiger partial charge in [0.15, 0.2) is 11.6 Å². The number of nitrogens with two attached hydrogens (primary N) is 1. The molecule has 2 aromatic carbocycles. The molecule has 0 radical (unpaired) electrons. The van der Waals surface area contributed by atoms with Crippen molar-refractivity contribution in [1.29, 1.82) is 5.26 Å². The lowest BCUT2D eigenvalue weighted by molar-refractivity contribution is 1.29. The van der Waals surface area contributed by atoms with Crippen LogP contribution in [0.4, 0.5) is 17.3 Å². The average Bonchev–Trinajstić information content (AvgIpc) is 2.50. The number of hydrogen-bond acceptors (Lipinski definition) is 5. The highest BCUT2D eigenvalue weighted by Gasteiger charge is 2.09. The predicted octanol–water partition coefficient (Wildman–Crippen LogP) is 3.48. The molecule has 0 fully saturated rings. The Hall–Kier alpha value is -2.84. The van der Waals surface area contributed by atoms with Crippen molar-refractivity contribution < 1.29 is 0 Å². The summed E-state index contributed by atoms with van der Waals surface area (Å²) in [7, 11) is 0. The minimum atomic E-state index is 0.270. The van der Waals surface area contributed by atoms with Gasteiger partial charge in [-0.15, -0.1) is 0 Å². The standard InChI is InChI=1S/C15H10ClN5/c16-10-6-5-9(8-17)7-13(10)21-15-14(18)19-11-3-1-2-4-12(11)20-15/h1-7H,(H2,18,19)(H,20,21). The molecule has 3 N–H and O–H groups in total. The molecule has 3 rings (SSSR count).